The Hall–Kier alpha value is -1.78. The molecule has 2 fully saturated rings. The monoisotopic (exact) mass is 346 g/mol. The average molecular weight is 346 g/mol. The van der Waals surface area contributed by atoms with Gasteiger partial charge in [0.05, 0.1) is 6.04 Å². The fraction of sp³-hybridized carbons (Fsp3) is 0.700. The molecule has 0 saturated heterocycles. The number of rotatable bonds is 5. The molecule has 3 aliphatic rings. The molecule has 5 atom stereocenters. The number of ether oxygens (including phenoxy) is 1. The zero-order valence-corrected chi connectivity index (χ0v) is 15.9. The Morgan fingerprint density at radius 2 is 2.08 bits per heavy atom. The van der Waals surface area contributed by atoms with Crippen LogP contribution in [-0.4, -0.2) is 29.2 Å². The first-order valence-electron chi connectivity index (χ1n) is 9.36. The van der Waals surface area contributed by atoms with Gasteiger partial charge in [0, 0.05) is 0 Å². The summed E-state index contributed by atoms with van der Waals surface area (Å²) in [6.45, 7) is 9.50. The summed E-state index contributed by atoms with van der Waals surface area (Å²) >= 11 is 0. The lowest BCUT2D eigenvalue weighted by molar-refractivity contribution is -0.125. The predicted molar refractivity (Wildman–Crippen MR) is 96.9 cm³/mol. The maximum atomic E-state index is 12.9. The summed E-state index contributed by atoms with van der Waals surface area (Å²) in [7, 11) is 0. The van der Waals surface area contributed by atoms with Gasteiger partial charge in [-0.05, 0) is 63.9 Å². The zero-order valence-electron chi connectivity index (χ0n) is 15.9. The Labute approximate surface area is 150 Å². The van der Waals surface area contributed by atoms with Crippen LogP contribution in [0, 0.1) is 17.8 Å². The highest BCUT2D eigenvalue weighted by Gasteiger charge is 2.60. The van der Waals surface area contributed by atoms with Crippen LogP contribution in [0.3, 0.4) is 0 Å². The Bertz CT molecular complexity index is 631. The smallest absolute Gasteiger partial charge is 0.408 e. The molecular weight excluding hydrogens is 316 g/mol. The third-order valence-electron chi connectivity index (χ3n) is 5.41. The highest BCUT2D eigenvalue weighted by atomic mass is 16.6. The summed E-state index contributed by atoms with van der Waals surface area (Å²) < 4.78 is 5.34. The van der Waals surface area contributed by atoms with E-state index in [2.05, 4.69) is 28.9 Å². The number of fused-ring (bicyclic) bond motifs is 1. The van der Waals surface area contributed by atoms with E-state index in [1.54, 1.807) is 0 Å². The third-order valence-corrected chi connectivity index (χ3v) is 5.41. The Balaban J connectivity index is 1.63. The molecule has 2 N–H and O–H groups in total. The van der Waals surface area contributed by atoms with Crippen molar-refractivity contribution in [3.05, 3.63) is 23.8 Å². The van der Waals surface area contributed by atoms with Crippen molar-refractivity contribution >= 4 is 12.0 Å². The number of amides is 2. The van der Waals surface area contributed by atoms with Crippen LogP contribution in [-0.2, 0) is 9.53 Å². The SMILES string of the molecule is CCC1C[C@]1(NC(=O)OC(C)(C)C)C(=O)N[C@@H](C)C1=CC2CC2C=C1. The van der Waals surface area contributed by atoms with E-state index in [9.17, 15) is 9.59 Å². The molecular formula is C20H30N2O3. The van der Waals surface area contributed by atoms with Crippen molar-refractivity contribution in [2.24, 2.45) is 17.8 Å². The van der Waals surface area contributed by atoms with Gasteiger partial charge in [-0.1, -0.05) is 31.6 Å². The fourth-order valence-electron chi connectivity index (χ4n) is 3.68. The second kappa shape index (κ2) is 6.19. The van der Waals surface area contributed by atoms with Crippen LogP contribution in [0.2, 0.25) is 0 Å². The minimum atomic E-state index is -0.827. The van der Waals surface area contributed by atoms with Crippen LogP contribution in [0.25, 0.3) is 0 Å². The molecule has 3 unspecified atom stereocenters. The van der Waals surface area contributed by atoms with Crippen LogP contribution in [0.15, 0.2) is 23.8 Å². The van der Waals surface area contributed by atoms with E-state index in [1.165, 1.54) is 6.42 Å². The van der Waals surface area contributed by atoms with Gasteiger partial charge in [-0.25, -0.2) is 4.79 Å². The van der Waals surface area contributed by atoms with Crippen molar-refractivity contribution in [3.8, 4) is 0 Å². The standard InChI is InChI=1S/C20H30N2O3/c1-6-16-11-20(16,22-18(24)25-19(3,4)5)17(23)21-12(2)13-7-8-14-10-15(14)9-13/h7-9,12,14-16H,6,10-11H2,1-5H3,(H,21,23)(H,22,24)/t12-,14?,15?,16?,20+/m0/s1. The first kappa shape index (κ1) is 18.0. The largest absolute Gasteiger partial charge is 0.444 e. The molecule has 5 nitrogen and oxygen atoms in total. The second-order valence-electron chi connectivity index (χ2n) is 8.69. The van der Waals surface area contributed by atoms with Gasteiger partial charge < -0.3 is 15.4 Å². The van der Waals surface area contributed by atoms with Gasteiger partial charge in [0.1, 0.15) is 11.1 Å². The maximum absolute atomic E-state index is 12.9. The number of carbonyl (C=O) groups excluding carboxylic acids is 2. The van der Waals surface area contributed by atoms with E-state index in [1.807, 2.05) is 34.6 Å². The van der Waals surface area contributed by atoms with Crippen LogP contribution < -0.4 is 10.6 Å². The van der Waals surface area contributed by atoms with Crippen molar-refractivity contribution in [1.82, 2.24) is 10.6 Å². The van der Waals surface area contributed by atoms with E-state index in [0.717, 1.165) is 12.0 Å². The average Bonchev–Trinajstić information content (AvgIpc) is 3.38. The maximum Gasteiger partial charge on any atom is 0.408 e. The summed E-state index contributed by atoms with van der Waals surface area (Å²) in [4.78, 5) is 25.1. The van der Waals surface area contributed by atoms with Crippen LogP contribution in [0.5, 0.6) is 0 Å². The molecule has 0 aromatic carbocycles. The van der Waals surface area contributed by atoms with Crippen LogP contribution in [0.4, 0.5) is 4.79 Å². The lowest BCUT2D eigenvalue weighted by Crippen LogP contribution is -2.53. The van der Waals surface area contributed by atoms with Crippen LogP contribution in [0.1, 0.15) is 53.9 Å². The summed E-state index contributed by atoms with van der Waals surface area (Å²) in [5.41, 5.74) is -0.246. The Morgan fingerprint density at radius 1 is 1.36 bits per heavy atom. The minimum absolute atomic E-state index is 0.0549. The number of nitrogens with one attached hydrogen (secondary N) is 2. The lowest BCUT2D eigenvalue weighted by atomic mass is 10.0. The molecule has 138 valence electrons. The Morgan fingerprint density at radius 3 is 2.64 bits per heavy atom. The van der Waals surface area contributed by atoms with Crippen molar-refractivity contribution in [2.45, 2.75) is 71.1 Å². The van der Waals surface area contributed by atoms with Crippen molar-refractivity contribution in [2.75, 3.05) is 0 Å². The molecule has 0 heterocycles. The van der Waals surface area contributed by atoms with Gasteiger partial charge in [0.15, 0.2) is 0 Å². The summed E-state index contributed by atoms with van der Waals surface area (Å²) in [5.74, 6) is 1.41. The molecule has 0 bridgehead atoms. The molecule has 0 radical (unpaired) electrons. The normalized spacial score (nSPS) is 33.6. The third kappa shape index (κ3) is 3.91. The molecule has 0 spiro atoms. The van der Waals surface area contributed by atoms with E-state index < -0.39 is 17.2 Å². The van der Waals surface area contributed by atoms with E-state index in [-0.39, 0.29) is 17.9 Å². The van der Waals surface area contributed by atoms with Gasteiger partial charge >= 0.3 is 6.09 Å². The lowest BCUT2D eigenvalue weighted by Gasteiger charge is -2.26. The van der Waals surface area contributed by atoms with Crippen molar-refractivity contribution in [3.63, 3.8) is 0 Å². The quantitative estimate of drug-likeness (QED) is 0.802. The molecule has 0 aromatic rings. The summed E-state index contributed by atoms with van der Waals surface area (Å²) in [6, 6.07) is -0.0549. The van der Waals surface area contributed by atoms with E-state index in [4.69, 9.17) is 4.74 Å². The molecule has 3 rings (SSSR count). The predicted octanol–water partition coefficient (Wildman–Crippen LogP) is 3.32. The number of hydrogen-bond acceptors (Lipinski definition) is 3. The molecule has 5 heteroatoms. The number of hydrogen-bond donors (Lipinski definition) is 2. The number of carbonyl (C=O) groups is 2. The molecule has 2 saturated carbocycles. The summed E-state index contributed by atoms with van der Waals surface area (Å²) in [5, 5.41) is 5.93. The molecule has 25 heavy (non-hydrogen) atoms. The number of alkyl carbamates (subject to hydrolysis) is 1. The minimum Gasteiger partial charge on any atom is -0.444 e. The zero-order chi connectivity index (χ0) is 18.4. The second-order valence-corrected chi connectivity index (χ2v) is 8.69. The first-order valence-corrected chi connectivity index (χ1v) is 9.36. The Kier molecular flexibility index (Phi) is 4.46. The number of allylic oxidation sites excluding steroid dienone is 2. The molecule has 0 aliphatic heterocycles. The van der Waals surface area contributed by atoms with Gasteiger partial charge in [0.2, 0.25) is 5.91 Å². The molecule has 3 aliphatic carbocycles. The molecule has 2 amide bonds. The van der Waals surface area contributed by atoms with Gasteiger partial charge in [0.25, 0.3) is 0 Å². The highest BCUT2D eigenvalue weighted by molar-refractivity contribution is 5.94. The fourth-order valence-corrected chi connectivity index (χ4v) is 3.68. The van der Waals surface area contributed by atoms with Gasteiger partial charge in [-0.2, -0.15) is 0 Å². The van der Waals surface area contributed by atoms with E-state index in [0.29, 0.717) is 18.3 Å². The van der Waals surface area contributed by atoms with Crippen molar-refractivity contribution < 1.29 is 14.3 Å². The van der Waals surface area contributed by atoms with E-state index >= 15 is 0 Å². The highest BCUT2D eigenvalue weighted by Crippen LogP contribution is 2.47. The van der Waals surface area contributed by atoms with Gasteiger partial charge in [-0.3, -0.25) is 4.79 Å². The van der Waals surface area contributed by atoms with Gasteiger partial charge in [-0.15, -0.1) is 0 Å². The summed E-state index contributed by atoms with van der Waals surface area (Å²) in [6.07, 6.45) is 8.85. The first-order chi connectivity index (χ1) is 11.6. The molecule has 0 aromatic heterocycles. The topological polar surface area (TPSA) is 67.4 Å². The van der Waals surface area contributed by atoms with Crippen molar-refractivity contribution in [1.29, 1.82) is 0 Å². The van der Waals surface area contributed by atoms with Crippen LogP contribution >= 0.6 is 0 Å².